The standard InChI is InChI=1S/C7H13N3O2S2/c1-5-7(13-6(2)10-5)14(11,12)9-4-3-8/h9H,3-4,8H2,1-2H3. The van der Waals surface area contributed by atoms with Crippen molar-refractivity contribution < 1.29 is 8.42 Å². The van der Waals surface area contributed by atoms with Gasteiger partial charge in [0.2, 0.25) is 0 Å². The minimum atomic E-state index is -3.41. The molecule has 0 spiro atoms. The summed E-state index contributed by atoms with van der Waals surface area (Å²) < 4.78 is 25.9. The molecule has 0 amide bonds. The zero-order valence-electron chi connectivity index (χ0n) is 8.07. The Balaban J connectivity index is 2.98. The Bertz CT molecular complexity index is 411. The Morgan fingerprint density at radius 2 is 2.14 bits per heavy atom. The maximum atomic E-state index is 11.6. The Hall–Kier alpha value is -0.500. The maximum Gasteiger partial charge on any atom is 0.251 e. The molecule has 0 fully saturated rings. The minimum Gasteiger partial charge on any atom is -0.329 e. The van der Waals surface area contributed by atoms with Crippen molar-refractivity contribution >= 4 is 21.4 Å². The van der Waals surface area contributed by atoms with Gasteiger partial charge < -0.3 is 5.73 Å². The molecule has 1 rings (SSSR count). The van der Waals surface area contributed by atoms with Gasteiger partial charge >= 0.3 is 0 Å². The molecule has 1 aromatic rings. The van der Waals surface area contributed by atoms with E-state index in [-0.39, 0.29) is 17.3 Å². The molecule has 7 heteroatoms. The molecular formula is C7H13N3O2S2. The van der Waals surface area contributed by atoms with Crippen molar-refractivity contribution in [1.82, 2.24) is 9.71 Å². The predicted molar refractivity (Wildman–Crippen MR) is 55.8 cm³/mol. The van der Waals surface area contributed by atoms with Gasteiger partial charge in [-0.15, -0.1) is 11.3 Å². The van der Waals surface area contributed by atoms with Crippen LogP contribution in [0.4, 0.5) is 0 Å². The number of aromatic nitrogens is 1. The third-order valence-corrected chi connectivity index (χ3v) is 4.68. The second-order valence-electron chi connectivity index (χ2n) is 2.79. The molecule has 0 aliphatic heterocycles. The second kappa shape index (κ2) is 4.35. The number of hydrogen-bond donors (Lipinski definition) is 2. The first-order valence-electron chi connectivity index (χ1n) is 4.11. The van der Waals surface area contributed by atoms with E-state index in [2.05, 4.69) is 9.71 Å². The number of rotatable bonds is 4. The highest BCUT2D eigenvalue weighted by Gasteiger charge is 2.19. The van der Waals surface area contributed by atoms with Crippen LogP contribution in [0.25, 0.3) is 0 Å². The molecule has 0 aromatic carbocycles. The Kier molecular flexibility index (Phi) is 3.59. The summed E-state index contributed by atoms with van der Waals surface area (Å²) in [6.45, 7) is 3.99. The lowest BCUT2D eigenvalue weighted by Crippen LogP contribution is -2.29. The fourth-order valence-electron chi connectivity index (χ4n) is 1.02. The summed E-state index contributed by atoms with van der Waals surface area (Å²) in [6, 6.07) is 0. The predicted octanol–water partition coefficient (Wildman–Crippen LogP) is -0.00306. The molecular weight excluding hydrogens is 222 g/mol. The Morgan fingerprint density at radius 1 is 1.50 bits per heavy atom. The van der Waals surface area contributed by atoms with Crippen molar-refractivity contribution in [2.75, 3.05) is 13.1 Å². The van der Waals surface area contributed by atoms with Crippen LogP contribution in [0.2, 0.25) is 0 Å². The number of sulfonamides is 1. The molecule has 0 aliphatic carbocycles. The lowest BCUT2D eigenvalue weighted by molar-refractivity contribution is 0.583. The van der Waals surface area contributed by atoms with Crippen LogP contribution in [-0.4, -0.2) is 26.5 Å². The molecule has 0 saturated carbocycles. The van der Waals surface area contributed by atoms with Gasteiger partial charge in [0.1, 0.15) is 0 Å². The second-order valence-corrected chi connectivity index (χ2v) is 5.96. The van der Waals surface area contributed by atoms with Gasteiger partial charge in [-0.25, -0.2) is 18.1 Å². The lowest BCUT2D eigenvalue weighted by Gasteiger charge is -2.02. The molecule has 14 heavy (non-hydrogen) atoms. The zero-order chi connectivity index (χ0) is 10.8. The molecule has 1 heterocycles. The Morgan fingerprint density at radius 3 is 2.57 bits per heavy atom. The highest BCUT2D eigenvalue weighted by molar-refractivity contribution is 7.91. The van der Waals surface area contributed by atoms with E-state index in [9.17, 15) is 8.42 Å². The van der Waals surface area contributed by atoms with Gasteiger partial charge in [-0.3, -0.25) is 0 Å². The highest BCUT2D eigenvalue weighted by Crippen LogP contribution is 2.22. The molecule has 5 nitrogen and oxygen atoms in total. The molecule has 0 saturated heterocycles. The molecule has 0 radical (unpaired) electrons. The van der Waals surface area contributed by atoms with E-state index in [4.69, 9.17) is 5.73 Å². The largest absolute Gasteiger partial charge is 0.329 e. The smallest absolute Gasteiger partial charge is 0.251 e. The number of nitrogens with zero attached hydrogens (tertiary/aromatic N) is 1. The average Bonchev–Trinajstić information content (AvgIpc) is 2.42. The van der Waals surface area contributed by atoms with Gasteiger partial charge in [0.25, 0.3) is 10.0 Å². The summed E-state index contributed by atoms with van der Waals surface area (Å²) in [5, 5.41) is 0.746. The van der Waals surface area contributed by atoms with Crippen molar-refractivity contribution in [2.24, 2.45) is 5.73 Å². The quantitative estimate of drug-likeness (QED) is 0.769. The van der Waals surface area contributed by atoms with Gasteiger partial charge in [0.15, 0.2) is 4.21 Å². The molecule has 1 aromatic heterocycles. The fourth-order valence-corrected chi connectivity index (χ4v) is 3.59. The molecule has 3 N–H and O–H groups in total. The van der Waals surface area contributed by atoms with E-state index in [1.165, 1.54) is 11.3 Å². The SMILES string of the molecule is Cc1nc(C)c(S(=O)(=O)NCCN)s1. The van der Waals surface area contributed by atoms with Crippen LogP contribution in [0.1, 0.15) is 10.7 Å². The van der Waals surface area contributed by atoms with E-state index >= 15 is 0 Å². The van der Waals surface area contributed by atoms with Crippen LogP contribution < -0.4 is 10.5 Å². The van der Waals surface area contributed by atoms with E-state index in [1.54, 1.807) is 13.8 Å². The average molecular weight is 235 g/mol. The summed E-state index contributed by atoms with van der Waals surface area (Å²) in [7, 11) is -3.41. The zero-order valence-corrected chi connectivity index (χ0v) is 9.70. The van der Waals surface area contributed by atoms with E-state index in [0.29, 0.717) is 5.69 Å². The van der Waals surface area contributed by atoms with Gasteiger partial charge in [-0.05, 0) is 13.8 Å². The maximum absolute atomic E-state index is 11.6. The number of nitrogens with one attached hydrogen (secondary N) is 1. The van der Waals surface area contributed by atoms with Crippen molar-refractivity contribution in [3.05, 3.63) is 10.7 Å². The number of aryl methyl sites for hydroxylation is 2. The van der Waals surface area contributed by atoms with Crippen LogP contribution in [0.5, 0.6) is 0 Å². The number of thiazole rings is 1. The summed E-state index contributed by atoms with van der Waals surface area (Å²) in [6.07, 6.45) is 0. The topological polar surface area (TPSA) is 85.1 Å². The molecule has 0 unspecified atom stereocenters. The molecule has 0 bridgehead atoms. The number of hydrogen-bond acceptors (Lipinski definition) is 5. The first kappa shape index (κ1) is 11.6. The van der Waals surface area contributed by atoms with Crippen LogP contribution in [0.3, 0.4) is 0 Å². The fraction of sp³-hybridized carbons (Fsp3) is 0.571. The molecule has 0 atom stereocenters. The van der Waals surface area contributed by atoms with Crippen LogP contribution >= 0.6 is 11.3 Å². The van der Waals surface area contributed by atoms with Crippen molar-refractivity contribution in [2.45, 2.75) is 18.1 Å². The van der Waals surface area contributed by atoms with Crippen LogP contribution in [0.15, 0.2) is 4.21 Å². The van der Waals surface area contributed by atoms with Gasteiger partial charge in [-0.1, -0.05) is 0 Å². The van der Waals surface area contributed by atoms with Crippen LogP contribution in [-0.2, 0) is 10.0 Å². The van der Waals surface area contributed by atoms with Crippen molar-refractivity contribution in [1.29, 1.82) is 0 Å². The highest BCUT2D eigenvalue weighted by atomic mass is 32.2. The minimum absolute atomic E-state index is 0.249. The van der Waals surface area contributed by atoms with Gasteiger partial charge in [-0.2, -0.15) is 0 Å². The normalized spacial score (nSPS) is 11.9. The van der Waals surface area contributed by atoms with Gasteiger partial charge in [0, 0.05) is 13.1 Å². The molecule has 80 valence electrons. The summed E-state index contributed by atoms with van der Waals surface area (Å²) in [4.78, 5) is 4.05. The summed E-state index contributed by atoms with van der Waals surface area (Å²) >= 11 is 1.17. The lowest BCUT2D eigenvalue weighted by atomic mass is 10.6. The van der Waals surface area contributed by atoms with Crippen molar-refractivity contribution in [3.63, 3.8) is 0 Å². The van der Waals surface area contributed by atoms with E-state index < -0.39 is 10.0 Å². The third-order valence-electron chi connectivity index (χ3n) is 1.54. The molecule has 0 aliphatic rings. The first-order valence-corrected chi connectivity index (χ1v) is 6.41. The Labute approximate surface area is 87.4 Å². The summed E-state index contributed by atoms with van der Waals surface area (Å²) in [5.74, 6) is 0. The van der Waals surface area contributed by atoms with E-state index in [1.807, 2.05) is 0 Å². The van der Waals surface area contributed by atoms with Crippen LogP contribution in [0, 0.1) is 13.8 Å². The third kappa shape index (κ3) is 2.50. The van der Waals surface area contributed by atoms with Crippen molar-refractivity contribution in [3.8, 4) is 0 Å². The van der Waals surface area contributed by atoms with Gasteiger partial charge in [0.05, 0.1) is 10.7 Å². The number of nitrogens with two attached hydrogens (primary N) is 1. The monoisotopic (exact) mass is 235 g/mol. The first-order chi connectivity index (χ1) is 6.47. The summed E-state index contributed by atoms with van der Waals surface area (Å²) in [5.41, 5.74) is 5.76. The van der Waals surface area contributed by atoms with E-state index in [0.717, 1.165) is 5.01 Å².